The molecule has 18 heavy (non-hydrogen) atoms. The molecule has 102 valence electrons. The lowest BCUT2D eigenvalue weighted by atomic mass is 10.3. The molecule has 0 bridgehead atoms. The lowest BCUT2D eigenvalue weighted by Gasteiger charge is -2.14. The van der Waals surface area contributed by atoms with Gasteiger partial charge < -0.3 is 5.73 Å². The smallest absolute Gasteiger partial charge is 0.242 e. The molecule has 1 rings (SSSR count). The molecule has 0 aliphatic carbocycles. The van der Waals surface area contributed by atoms with Crippen molar-refractivity contribution in [1.29, 1.82) is 0 Å². The summed E-state index contributed by atoms with van der Waals surface area (Å²) in [5.74, 6) is 2.00. The lowest BCUT2D eigenvalue weighted by Crippen LogP contribution is -2.33. The number of para-hydroxylation sites is 1. The summed E-state index contributed by atoms with van der Waals surface area (Å²) in [5, 5.41) is 0. The standard InChI is InChI=1S/C12H20N2O2S2/c1-3-17-9-8-10(2)14-18(15,16)12-7-5-4-6-11(12)13/h4-7,10,14H,3,8-9,13H2,1-2H3. The van der Waals surface area contributed by atoms with Crippen LogP contribution in [0, 0.1) is 0 Å². The van der Waals surface area contributed by atoms with E-state index in [1.165, 1.54) is 6.07 Å². The Hall–Kier alpha value is -0.720. The summed E-state index contributed by atoms with van der Waals surface area (Å²) in [6.07, 6.45) is 0.810. The average Bonchev–Trinajstić information content (AvgIpc) is 2.29. The van der Waals surface area contributed by atoms with E-state index in [0.29, 0.717) is 0 Å². The van der Waals surface area contributed by atoms with E-state index in [0.717, 1.165) is 17.9 Å². The highest BCUT2D eigenvalue weighted by Crippen LogP contribution is 2.17. The third-order valence-corrected chi connectivity index (χ3v) is 5.06. The van der Waals surface area contributed by atoms with Gasteiger partial charge in [-0.25, -0.2) is 13.1 Å². The van der Waals surface area contributed by atoms with Gasteiger partial charge in [0.2, 0.25) is 10.0 Å². The summed E-state index contributed by atoms with van der Waals surface area (Å²) in [7, 11) is -3.51. The Kier molecular flexibility index (Phi) is 5.98. The van der Waals surface area contributed by atoms with Crippen molar-refractivity contribution in [2.45, 2.75) is 31.2 Å². The van der Waals surface area contributed by atoms with Gasteiger partial charge in [-0.05, 0) is 37.0 Å². The van der Waals surface area contributed by atoms with E-state index in [-0.39, 0.29) is 16.6 Å². The predicted octanol–water partition coefficient (Wildman–Crippen LogP) is 2.08. The molecule has 1 atom stereocenters. The number of anilines is 1. The van der Waals surface area contributed by atoms with Crippen molar-refractivity contribution < 1.29 is 8.42 Å². The van der Waals surface area contributed by atoms with E-state index in [1.54, 1.807) is 30.0 Å². The third-order valence-electron chi connectivity index (χ3n) is 2.46. The van der Waals surface area contributed by atoms with Crippen molar-refractivity contribution in [2.75, 3.05) is 17.2 Å². The van der Waals surface area contributed by atoms with Gasteiger partial charge in [0.25, 0.3) is 0 Å². The minimum atomic E-state index is -3.51. The maximum atomic E-state index is 12.1. The molecular formula is C12H20N2O2S2. The molecule has 0 aliphatic heterocycles. The Balaban J connectivity index is 2.68. The van der Waals surface area contributed by atoms with Crippen LogP contribution < -0.4 is 10.5 Å². The van der Waals surface area contributed by atoms with Crippen molar-refractivity contribution in [3.8, 4) is 0 Å². The number of rotatable bonds is 7. The molecule has 0 saturated heterocycles. The molecular weight excluding hydrogens is 268 g/mol. The van der Waals surface area contributed by atoms with Crippen molar-refractivity contribution in [3.63, 3.8) is 0 Å². The van der Waals surface area contributed by atoms with Crippen LogP contribution in [0.4, 0.5) is 5.69 Å². The highest BCUT2D eigenvalue weighted by molar-refractivity contribution is 7.99. The zero-order chi connectivity index (χ0) is 13.6. The molecule has 0 fully saturated rings. The lowest BCUT2D eigenvalue weighted by molar-refractivity contribution is 0.557. The topological polar surface area (TPSA) is 72.2 Å². The van der Waals surface area contributed by atoms with E-state index < -0.39 is 10.0 Å². The van der Waals surface area contributed by atoms with Crippen LogP contribution in [0.1, 0.15) is 20.3 Å². The minimum Gasteiger partial charge on any atom is -0.398 e. The fourth-order valence-corrected chi connectivity index (χ4v) is 3.74. The van der Waals surface area contributed by atoms with Gasteiger partial charge in [-0.3, -0.25) is 0 Å². The van der Waals surface area contributed by atoms with Crippen LogP contribution in [0.5, 0.6) is 0 Å². The largest absolute Gasteiger partial charge is 0.398 e. The van der Waals surface area contributed by atoms with E-state index >= 15 is 0 Å². The van der Waals surface area contributed by atoms with Crippen molar-refractivity contribution in [2.24, 2.45) is 0 Å². The van der Waals surface area contributed by atoms with E-state index in [9.17, 15) is 8.42 Å². The molecule has 0 spiro atoms. The molecule has 0 aromatic heterocycles. The van der Waals surface area contributed by atoms with Gasteiger partial charge >= 0.3 is 0 Å². The summed E-state index contributed by atoms with van der Waals surface area (Å²) in [4.78, 5) is 0.153. The first-order valence-corrected chi connectivity index (χ1v) is 8.55. The third kappa shape index (κ3) is 4.51. The zero-order valence-corrected chi connectivity index (χ0v) is 12.4. The molecule has 6 heteroatoms. The van der Waals surface area contributed by atoms with Gasteiger partial charge in [0, 0.05) is 6.04 Å². The van der Waals surface area contributed by atoms with E-state index in [4.69, 9.17) is 5.73 Å². The molecule has 1 aromatic carbocycles. The first-order chi connectivity index (χ1) is 8.47. The summed E-state index contributed by atoms with van der Waals surface area (Å²) in [5.41, 5.74) is 5.96. The minimum absolute atomic E-state index is 0.0892. The number of benzene rings is 1. The summed E-state index contributed by atoms with van der Waals surface area (Å²) >= 11 is 1.80. The highest BCUT2D eigenvalue weighted by atomic mass is 32.2. The van der Waals surface area contributed by atoms with Gasteiger partial charge in [0.1, 0.15) is 4.90 Å². The summed E-state index contributed by atoms with van der Waals surface area (Å²) < 4.78 is 26.8. The number of sulfonamides is 1. The molecule has 0 amide bonds. The van der Waals surface area contributed by atoms with Gasteiger partial charge in [-0.2, -0.15) is 11.8 Å². The Morgan fingerprint density at radius 3 is 2.67 bits per heavy atom. The van der Waals surface area contributed by atoms with Crippen molar-refractivity contribution >= 4 is 27.5 Å². The monoisotopic (exact) mass is 288 g/mol. The molecule has 0 aliphatic rings. The molecule has 0 saturated carbocycles. The summed E-state index contributed by atoms with van der Waals surface area (Å²) in [6.45, 7) is 3.96. The van der Waals surface area contributed by atoms with E-state index in [2.05, 4.69) is 11.6 Å². The first-order valence-electron chi connectivity index (χ1n) is 5.92. The van der Waals surface area contributed by atoms with Crippen molar-refractivity contribution in [3.05, 3.63) is 24.3 Å². The first kappa shape index (κ1) is 15.3. The second kappa shape index (κ2) is 7.01. The quantitative estimate of drug-likeness (QED) is 0.595. The van der Waals surface area contributed by atoms with Crippen LogP contribution in [0.3, 0.4) is 0 Å². The summed E-state index contributed by atoms with van der Waals surface area (Å²) in [6, 6.07) is 6.41. The second-order valence-corrected chi connectivity index (χ2v) is 7.12. The Labute approximate surface area is 113 Å². The van der Waals surface area contributed by atoms with Crippen LogP contribution in [0.2, 0.25) is 0 Å². The average molecular weight is 288 g/mol. The Morgan fingerprint density at radius 2 is 2.06 bits per heavy atom. The molecule has 1 aromatic rings. The van der Waals surface area contributed by atoms with Gasteiger partial charge in [0.15, 0.2) is 0 Å². The fourth-order valence-electron chi connectivity index (χ4n) is 1.52. The zero-order valence-electron chi connectivity index (χ0n) is 10.7. The number of nitrogen functional groups attached to an aromatic ring is 1. The maximum Gasteiger partial charge on any atom is 0.242 e. The van der Waals surface area contributed by atoms with Crippen LogP contribution in [0.25, 0.3) is 0 Å². The maximum absolute atomic E-state index is 12.1. The van der Waals surface area contributed by atoms with Gasteiger partial charge in [-0.1, -0.05) is 19.1 Å². The molecule has 1 unspecified atom stereocenters. The molecule has 4 nitrogen and oxygen atoms in total. The normalized spacial score (nSPS) is 13.4. The van der Waals surface area contributed by atoms with Crippen molar-refractivity contribution in [1.82, 2.24) is 4.72 Å². The number of thioether (sulfide) groups is 1. The Bertz CT molecular complexity index is 475. The van der Waals surface area contributed by atoms with Crippen LogP contribution in [-0.2, 0) is 10.0 Å². The number of hydrogen-bond donors (Lipinski definition) is 2. The second-order valence-electron chi connectivity index (χ2n) is 4.05. The Morgan fingerprint density at radius 1 is 1.39 bits per heavy atom. The van der Waals surface area contributed by atoms with Gasteiger partial charge in [0.05, 0.1) is 5.69 Å². The molecule has 0 radical (unpaired) electrons. The molecule has 0 heterocycles. The number of hydrogen-bond acceptors (Lipinski definition) is 4. The number of nitrogens with two attached hydrogens (primary N) is 1. The van der Waals surface area contributed by atoms with Gasteiger partial charge in [-0.15, -0.1) is 0 Å². The SMILES string of the molecule is CCSCCC(C)NS(=O)(=O)c1ccccc1N. The van der Waals surface area contributed by atoms with Crippen LogP contribution >= 0.6 is 11.8 Å². The van der Waals surface area contributed by atoms with Crippen LogP contribution in [-0.4, -0.2) is 26.0 Å². The van der Waals surface area contributed by atoms with Crippen LogP contribution in [0.15, 0.2) is 29.2 Å². The predicted molar refractivity (Wildman–Crippen MR) is 78.3 cm³/mol. The fraction of sp³-hybridized carbons (Fsp3) is 0.500. The van der Waals surface area contributed by atoms with E-state index in [1.807, 2.05) is 6.92 Å². The number of nitrogens with one attached hydrogen (secondary N) is 1. The highest BCUT2D eigenvalue weighted by Gasteiger charge is 2.19. The molecule has 3 N–H and O–H groups in total.